The molecule has 0 aromatic heterocycles. The van der Waals surface area contributed by atoms with E-state index < -0.39 is 11.7 Å². The number of rotatable bonds is 5. The van der Waals surface area contributed by atoms with Crippen LogP contribution >= 0.6 is 24.0 Å². The fraction of sp³-hybridized carbons (Fsp3) is 0.533. The average Bonchev–Trinajstić information content (AvgIpc) is 2.37. The summed E-state index contributed by atoms with van der Waals surface area (Å²) in [6, 6.07) is 5.63. The number of guanidine groups is 1. The Labute approximate surface area is 146 Å². The molecule has 0 radical (unpaired) electrons. The van der Waals surface area contributed by atoms with Gasteiger partial charge in [0.05, 0.1) is 5.56 Å². The van der Waals surface area contributed by atoms with Gasteiger partial charge in [0.2, 0.25) is 0 Å². The molecule has 0 aliphatic heterocycles. The topological polar surface area (TPSA) is 50.4 Å². The van der Waals surface area contributed by atoms with Crippen LogP contribution in [-0.2, 0) is 6.18 Å². The predicted octanol–water partition coefficient (Wildman–Crippen LogP) is 4.13. The zero-order chi connectivity index (χ0) is 16.0. The van der Waals surface area contributed by atoms with Crippen LogP contribution < -0.4 is 11.1 Å². The summed E-state index contributed by atoms with van der Waals surface area (Å²) in [5.74, 6) is 0.351. The Kier molecular flexibility index (Phi) is 8.80. The third kappa shape index (κ3) is 7.33. The van der Waals surface area contributed by atoms with Gasteiger partial charge in [-0.1, -0.05) is 25.1 Å². The molecule has 0 spiro atoms. The number of hydrogen-bond acceptors (Lipinski definition) is 1. The van der Waals surface area contributed by atoms with Crippen molar-refractivity contribution in [3.63, 3.8) is 0 Å². The van der Waals surface area contributed by atoms with Gasteiger partial charge in [0.15, 0.2) is 5.96 Å². The number of nitrogens with zero attached hydrogens (tertiary/aromatic N) is 1. The van der Waals surface area contributed by atoms with Crippen molar-refractivity contribution in [1.82, 2.24) is 5.32 Å². The summed E-state index contributed by atoms with van der Waals surface area (Å²) in [5.41, 5.74) is 5.72. The minimum atomic E-state index is -4.31. The zero-order valence-electron chi connectivity index (χ0n) is 12.9. The van der Waals surface area contributed by atoms with Crippen molar-refractivity contribution in [2.75, 3.05) is 6.54 Å². The van der Waals surface area contributed by atoms with E-state index in [0.29, 0.717) is 24.5 Å². The van der Waals surface area contributed by atoms with Crippen LogP contribution in [0.4, 0.5) is 13.2 Å². The van der Waals surface area contributed by atoms with E-state index in [0.717, 1.165) is 6.07 Å². The Bertz CT molecular complexity index is 487. The summed E-state index contributed by atoms with van der Waals surface area (Å²) in [5, 5.41) is 2.96. The molecule has 1 rings (SSSR count). The molecule has 0 heterocycles. The van der Waals surface area contributed by atoms with Crippen molar-refractivity contribution >= 4 is 29.9 Å². The SMILES string of the molecule is CC(C)NC(N)=NCCC(C)c1cccc(C(F)(F)F)c1.I. The highest BCUT2D eigenvalue weighted by atomic mass is 127. The standard InChI is InChI=1S/C15H22F3N3.HI/c1-10(2)21-14(19)20-8-7-11(3)12-5-4-6-13(9-12)15(16,17)18;/h4-6,9-11H,7-8H2,1-3H3,(H3,19,20,21);1H. The van der Waals surface area contributed by atoms with Crippen molar-refractivity contribution in [1.29, 1.82) is 0 Å². The van der Waals surface area contributed by atoms with Gasteiger partial charge in [-0.25, -0.2) is 0 Å². The molecule has 3 nitrogen and oxygen atoms in total. The van der Waals surface area contributed by atoms with E-state index in [1.807, 2.05) is 20.8 Å². The van der Waals surface area contributed by atoms with E-state index >= 15 is 0 Å². The Balaban J connectivity index is 0.00000441. The maximum absolute atomic E-state index is 12.7. The van der Waals surface area contributed by atoms with Crippen molar-refractivity contribution in [3.05, 3.63) is 35.4 Å². The first-order valence-corrected chi connectivity index (χ1v) is 6.93. The third-order valence-electron chi connectivity index (χ3n) is 3.06. The van der Waals surface area contributed by atoms with Crippen molar-refractivity contribution < 1.29 is 13.2 Å². The van der Waals surface area contributed by atoms with Crippen LogP contribution in [0.5, 0.6) is 0 Å². The van der Waals surface area contributed by atoms with Gasteiger partial charge in [-0.3, -0.25) is 4.99 Å². The smallest absolute Gasteiger partial charge is 0.370 e. The highest BCUT2D eigenvalue weighted by Crippen LogP contribution is 2.31. The van der Waals surface area contributed by atoms with E-state index in [9.17, 15) is 13.2 Å². The first kappa shape index (κ1) is 21.0. The monoisotopic (exact) mass is 429 g/mol. The molecule has 0 bridgehead atoms. The molecule has 0 saturated heterocycles. The van der Waals surface area contributed by atoms with Crippen LogP contribution in [0.25, 0.3) is 0 Å². The molecule has 22 heavy (non-hydrogen) atoms. The summed E-state index contributed by atoms with van der Waals surface area (Å²) in [7, 11) is 0. The molecule has 1 aromatic carbocycles. The minimum absolute atomic E-state index is 0. The Morgan fingerprint density at radius 3 is 2.45 bits per heavy atom. The van der Waals surface area contributed by atoms with Gasteiger partial charge in [0.1, 0.15) is 0 Å². The Morgan fingerprint density at radius 2 is 1.91 bits per heavy atom. The van der Waals surface area contributed by atoms with Crippen LogP contribution in [0.1, 0.15) is 44.2 Å². The van der Waals surface area contributed by atoms with Crippen molar-refractivity contribution in [2.24, 2.45) is 10.7 Å². The van der Waals surface area contributed by atoms with Crippen molar-refractivity contribution in [2.45, 2.75) is 45.3 Å². The molecular formula is C15H23F3IN3. The lowest BCUT2D eigenvalue weighted by molar-refractivity contribution is -0.137. The van der Waals surface area contributed by atoms with Gasteiger partial charge < -0.3 is 11.1 Å². The van der Waals surface area contributed by atoms with Gasteiger partial charge in [0, 0.05) is 12.6 Å². The third-order valence-corrected chi connectivity index (χ3v) is 3.06. The summed E-state index contributed by atoms with van der Waals surface area (Å²) in [6.45, 7) is 6.27. The summed E-state index contributed by atoms with van der Waals surface area (Å²) >= 11 is 0. The van der Waals surface area contributed by atoms with Gasteiger partial charge in [-0.15, -0.1) is 24.0 Å². The summed E-state index contributed by atoms with van der Waals surface area (Å²) in [4.78, 5) is 4.16. The molecule has 0 amide bonds. The molecule has 1 aromatic rings. The van der Waals surface area contributed by atoms with Crippen LogP contribution in [0.3, 0.4) is 0 Å². The van der Waals surface area contributed by atoms with Gasteiger partial charge in [0.25, 0.3) is 0 Å². The molecule has 7 heteroatoms. The summed E-state index contributed by atoms with van der Waals surface area (Å²) in [6.07, 6.45) is -3.67. The number of nitrogens with two attached hydrogens (primary N) is 1. The number of alkyl halides is 3. The van der Waals surface area contributed by atoms with Crippen molar-refractivity contribution in [3.8, 4) is 0 Å². The van der Waals surface area contributed by atoms with Crippen LogP contribution in [0.2, 0.25) is 0 Å². The molecule has 126 valence electrons. The van der Waals surface area contributed by atoms with Gasteiger partial charge >= 0.3 is 6.18 Å². The lowest BCUT2D eigenvalue weighted by atomic mass is 9.96. The lowest BCUT2D eigenvalue weighted by Gasteiger charge is -2.14. The highest BCUT2D eigenvalue weighted by molar-refractivity contribution is 14.0. The number of hydrogen-bond donors (Lipinski definition) is 2. The maximum atomic E-state index is 12.7. The second kappa shape index (κ2) is 9.22. The van der Waals surface area contributed by atoms with E-state index in [1.165, 1.54) is 12.1 Å². The first-order chi connectivity index (χ1) is 9.70. The van der Waals surface area contributed by atoms with E-state index in [2.05, 4.69) is 10.3 Å². The zero-order valence-corrected chi connectivity index (χ0v) is 15.3. The summed E-state index contributed by atoms with van der Waals surface area (Å²) < 4.78 is 38.0. The number of nitrogens with one attached hydrogen (secondary N) is 1. The number of benzene rings is 1. The van der Waals surface area contributed by atoms with Gasteiger partial charge in [-0.2, -0.15) is 13.2 Å². The fourth-order valence-corrected chi connectivity index (χ4v) is 1.91. The lowest BCUT2D eigenvalue weighted by Crippen LogP contribution is -2.36. The quantitative estimate of drug-likeness (QED) is 0.420. The average molecular weight is 429 g/mol. The largest absolute Gasteiger partial charge is 0.416 e. The molecule has 1 atom stereocenters. The second-order valence-electron chi connectivity index (χ2n) is 5.38. The number of aliphatic imine (C=N–C) groups is 1. The molecule has 0 aliphatic rings. The van der Waals surface area contributed by atoms with Crippen LogP contribution in [0.15, 0.2) is 29.3 Å². The van der Waals surface area contributed by atoms with Gasteiger partial charge in [-0.05, 0) is 37.8 Å². The number of halogens is 4. The van der Waals surface area contributed by atoms with E-state index in [4.69, 9.17) is 5.73 Å². The van der Waals surface area contributed by atoms with E-state index in [-0.39, 0.29) is 35.9 Å². The molecule has 3 N–H and O–H groups in total. The first-order valence-electron chi connectivity index (χ1n) is 6.93. The minimum Gasteiger partial charge on any atom is -0.370 e. The second-order valence-corrected chi connectivity index (χ2v) is 5.38. The highest BCUT2D eigenvalue weighted by Gasteiger charge is 2.30. The fourth-order valence-electron chi connectivity index (χ4n) is 1.91. The van der Waals surface area contributed by atoms with Crippen LogP contribution in [-0.4, -0.2) is 18.5 Å². The van der Waals surface area contributed by atoms with E-state index in [1.54, 1.807) is 6.07 Å². The maximum Gasteiger partial charge on any atom is 0.416 e. The predicted molar refractivity (Wildman–Crippen MR) is 94.7 cm³/mol. The molecule has 0 saturated carbocycles. The molecule has 0 fully saturated rings. The Hall–Kier alpha value is -0.990. The molecule has 0 aliphatic carbocycles. The molecular weight excluding hydrogens is 406 g/mol. The molecule has 1 unspecified atom stereocenters. The van der Waals surface area contributed by atoms with Crippen LogP contribution in [0, 0.1) is 0 Å². The Morgan fingerprint density at radius 1 is 1.27 bits per heavy atom. The normalized spacial score (nSPS) is 13.7.